The maximum Gasteiger partial charge on any atom is 0.0925 e. The molecule has 0 bridgehead atoms. The lowest BCUT2D eigenvalue weighted by molar-refractivity contribution is -0.0732. The highest BCUT2D eigenvalue weighted by Crippen LogP contribution is 2.38. The van der Waals surface area contributed by atoms with Gasteiger partial charge in [0, 0.05) is 5.33 Å². The van der Waals surface area contributed by atoms with Crippen molar-refractivity contribution >= 4 is 15.9 Å². The first kappa shape index (κ1) is 16.0. The Morgan fingerprint density at radius 2 is 1.90 bits per heavy atom. The Morgan fingerprint density at radius 3 is 2.50 bits per heavy atom. The van der Waals surface area contributed by atoms with Crippen LogP contribution in [0.1, 0.15) is 51.7 Å². The number of hydrogen-bond donors (Lipinski definition) is 0. The van der Waals surface area contributed by atoms with Gasteiger partial charge in [0.1, 0.15) is 0 Å². The topological polar surface area (TPSA) is 9.23 Å². The molecule has 1 saturated carbocycles. The third-order valence-electron chi connectivity index (χ3n) is 4.61. The van der Waals surface area contributed by atoms with Crippen LogP contribution in [0.5, 0.6) is 0 Å². The summed E-state index contributed by atoms with van der Waals surface area (Å²) in [6.45, 7) is 7.03. The van der Waals surface area contributed by atoms with E-state index in [-0.39, 0.29) is 6.10 Å². The molecule has 1 aliphatic carbocycles. The predicted octanol–water partition coefficient (Wildman–Crippen LogP) is 5.60. The average Bonchev–Trinajstić information content (AvgIpc) is 2.45. The molecule has 1 aliphatic rings. The summed E-state index contributed by atoms with van der Waals surface area (Å²) in [5.41, 5.74) is 1.28. The van der Waals surface area contributed by atoms with Crippen LogP contribution in [0.2, 0.25) is 0 Å². The van der Waals surface area contributed by atoms with E-state index in [4.69, 9.17) is 4.74 Å². The zero-order valence-corrected chi connectivity index (χ0v) is 14.5. The Bertz CT molecular complexity index is 390. The third-order valence-corrected chi connectivity index (χ3v) is 5.20. The van der Waals surface area contributed by atoms with Crippen molar-refractivity contribution in [1.29, 1.82) is 0 Å². The van der Waals surface area contributed by atoms with Crippen molar-refractivity contribution in [2.24, 2.45) is 17.8 Å². The van der Waals surface area contributed by atoms with Crippen LogP contribution in [0.4, 0.5) is 0 Å². The molecule has 112 valence electrons. The zero-order chi connectivity index (χ0) is 14.5. The lowest BCUT2D eigenvalue weighted by Crippen LogP contribution is -2.35. The summed E-state index contributed by atoms with van der Waals surface area (Å²) in [4.78, 5) is 0. The van der Waals surface area contributed by atoms with Crippen molar-refractivity contribution in [2.45, 2.75) is 52.2 Å². The Morgan fingerprint density at radius 1 is 1.20 bits per heavy atom. The second kappa shape index (κ2) is 7.61. The smallest absolute Gasteiger partial charge is 0.0925 e. The second-order valence-corrected chi connectivity index (χ2v) is 7.20. The molecule has 0 amide bonds. The summed E-state index contributed by atoms with van der Waals surface area (Å²) in [7, 11) is 0. The molecule has 1 aromatic rings. The molecule has 0 aliphatic heterocycles. The van der Waals surface area contributed by atoms with Gasteiger partial charge in [0.25, 0.3) is 0 Å². The summed E-state index contributed by atoms with van der Waals surface area (Å²) in [6, 6.07) is 10.6. The van der Waals surface area contributed by atoms with Gasteiger partial charge in [-0.2, -0.15) is 0 Å². The third kappa shape index (κ3) is 4.08. The van der Waals surface area contributed by atoms with Crippen LogP contribution in [-0.4, -0.2) is 11.4 Å². The Labute approximate surface area is 132 Å². The van der Waals surface area contributed by atoms with E-state index in [0.717, 1.165) is 11.2 Å². The summed E-state index contributed by atoms with van der Waals surface area (Å²) < 4.78 is 6.52. The van der Waals surface area contributed by atoms with Crippen molar-refractivity contribution in [2.75, 3.05) is 5.33 Å². The minimum absolute atomic E-state index is 0.174. The van der Waals surface area contributed by atoms with Gasteiger partial charge in [0.15, 0.2) is 0 Å². The SMILES string of the molecule is CC1CCC(C(C)C)C(OC(CBr)c2ccccc2)C1. The number of halogens is 1. The predicted molar refractivity (Wildman–Crippen MR) is 89.2 cm³/mol. The molecular weight excluding hydrogens is 312 g/mol. The van der Waals surface area contributed by atoms with Gasteiger partial charge in [-0.15, -0.1) is 0 Å². The van der Waals surface area contributed by atoms with E-state index in [2.05, 4.69) is 67.0 Å². The highest BCUT2D eigenvalue weighted by Gasteiger charge is 2.33. The fraction of sp³-hybridized carbons (Fsp3) is 0.667. The minimum atomic E-state index is 0.174. The first-order valence-corrected chi connectivity index (χ1v) is 9.00. The molecule has 0 N–H and O–H groups in total. The molecule has 4 unspecified atom stereocenters. The highest BCUT2D eigenvalue weighted by atomic mass is 79.9. The Hall–Kier alpha value is -0.340. The van der Waals surface area contributed by atoms with Gasteiger partial charge < -0.3 is 4.74 Å². The van der Waals surface area contributed by atoms with Crippen molar-refractivity contribution in [3.63, 3.8) is 0 Å². The van der Waals surface area contributed by atoms with Gasteiger partial charge in [-0.25, -0.2) is 0 Å². The van der Waals surface area contributed by atoms with E-state index in [1.807, 2.05) is 0 Å². The molecule has 4 atom stereocenters. The summed E-state index contributed by atoms with van der Waals surface area (Å²) >= 11 is 3.63. The lowest BCUT2D eigenvalue weighted by atomic mass is 9.75. The molecule has 0 aromatic heterocycles. The maximum absolute atomic E-state index is 6.52. The quantitative estimate of drug-likeness (QED) is 0.635. The largest absolute Gasteiger partial charge is 0.369 e. The average molecular weight is 339 g/mol. The van der Waals surface area contributed by atoms with Crippen LogP contribution >= 0.6 is 15.9 Å². The second-order valence-electron chi connectivity index (χ2n) is 6.55. The van der Waals surface area contributed by atoms with Gasteiger partial charge in [0.05, 0.1) is 12.2 Å². The number of benzene rings is 1. The van der Waals surface area contributed by atoms with E-state index in [9.17, 15) is 0 Å². The van der Waals surface area contributed by atoms with Crippen LogP contribution in [0.15, 0.2) is 30.3 Å². The van der Waals surface area contributed by atoms with Gasteiger partial charge in [-0.05, 0) is 36.2 Å². The first-order valence-electron chi connectivity index (χ1n) is 7.88. The number of alkyl halides is 1. The molecule has 0 heterocycles. The maximum atomic E-state index is 6.52. The molecule has 20 heavy (non-hydrogen) atoms. The first-order chi connectivity index (χ1) is 9.61. The van der Waals surface area contributed by atoms with Gasteiger partial charge in [0.2, 0.25) is 0 Å². The van der Waals surface area contributed by atoms with E-state index in [1.54, 1.807) is 0 Å². The number of ether oxygens (including phenoxy) is 1. The minimum Gasteiger partial charge on any atom is -0.369 e. The van der Waals surface area contributed by atoms with Gasteiger partial charge >= 0.3 is 0 Å². The summed E-state index contributed by atoms with van der Waals surface area (Å²) in [5, 5.41) is 0.868. The summed E-state index contributed by atoms with van der Waals surface area (Å²) in [6.07, 6.45) is 4.45. The van der Waals surface area contributed by atoms with Crippen molar-refractivity contribution in [1.82, 2.24) is 0 Å². The van der Waals surface area contributed by atoms with Gasteiger partial charge in [-0.3, -0.25) is 0 Å². The Balaban J connectivity index is 2.08. The van der Waals surface area contributed by atoms with E-state index >= 15 is 0 Å². The van der Waals surface area contributed by atoms with Crippen molar-refractivity contribution < 1.29 is 4.74 Å². The van der Waals surface area contributed by atoms with Crippen LogP contribution in [0.3, 0.4) is 0 Å². The van der Waals surface area contributed by atoms with E-state index < -0.39 is 0 Å². The normalized spacial score (nSPS) is 28.6. The molecule has 2 heteroatoms. The molecule has 0 saturated heterocycles. The van der Waals surface area contributed by atoms with Crippen LogP contribution in [-0.2, 0) is 4.74 Å². The van der Waals surface area contributed by atoms with Gasteiger partial charge in [-0.1, -0.05) is 73.5 Å². The van der Waals surface area contributed by atoms with E-state index in [0.29, 0.717) is 17.9 Å². The molecular formula is C18H27BrO. The monoisotopic (exact) mass is 338 g/mol. The fourth-order valence-electron chi connectivity index (χ4n) is 3.35. The number of hydrogen-bond acceptors (Lipinski definition) is 1. The molecule has 1 nitrogen and oxygen atoms in total. The zero-order valence-electron chi connectivity index (χ0n) is 12.9. The van der Waals surface area contributed by atoms with Crippen LogP contribution < -0.4 is 0 Å². The van der Waals surface area contributed by atoms with Crippen LogP contribution in [0, 0.1) is 17.8 Å². The summed E-state index contributed by atoms with van der Waals surface area (Å²) in [5.74, 6) is 2.21. The highest BCUT2D eigenvalue weighted by molar-refractivity contribution is 9.09. The number of rotatable bonds is 5. The van der Waals surface area contributed by atoms with E-state index in [1.165, 1.54) is 24.8 Å². The molecule has 2 rings (SSSR count). The van der Waals surface area contributed by atoms with Crippen molar-refractivity contribution in [3.05, 3.63) is 35.9 Å². The van der Waals surface area contributed by atoms with Crippen LogP contribution in [0.25, 0.3) is 0 Å². The fourth-order valence-corrected chi connectivity index (χ4v) is 3.88. The molecule has 0 spiro atoms. The molecule has 1 aromatic carbocycles. The molecule has 1 fully saturated rings. The molecule has 0 radical (unpaired) electrons. The standard InChI is InChI=1S/C18H27BrO/c1-13(2)16-10-9-14(3)11-17(16)20-18(12-19)15-7-5-4-6-8-15/h4-8,13-14,16-18H,9-12H2,1-3H3. The Kier molecular flexibility index (Phi) is 6.10. The van der Waals surface area contributed by atoms with Crippen molar-refractivity contribution in [3.8, 4) is 0 Å². The lowest BCUT2D eigenvalue weighted by Gasteiger charge is -2.39.